The van der Waals surface area contributed by atoms with Crippen LogP contribution in [-0.2, 0) is 4.65 Å². The quantitative estimate of drug-likeness (QED) is 0.667. The van der Waals surface area contributed by atoms with Crippen LogP contribution >= 0.6 is 0 Å². The standard InChI is InChI=1S/C8H17BO.C2H7N/c1-4-10-9-7(2)5-6-8(9)3;1-3-2/h7-8H,4-6H2,1-3H3;3H,1-2H3. The zero-order valence-electron chi connectivity index (χ0n) is 9.76. The Morgan fingerprint density at radius 3 is 1.92 bits per heavy atom. The van der Waals surface area contributed by atoms with Gasteiger partial charge in [0.2, 0.25) is 0 Å². The van der Waals surface area contributed by atoms with Crippen LogP contribution in [0.4, 0.5) is 0 Å². The van der Waals surface area contributed by atoms with Gasteiger partial charge in [-0.2, -0.15) is 0 Å². The first kappa shape index (κ1) is 13.0. The van der Waals surface area contributed by atoms with Crippen LogP contribution in [0.15, 0.2) is 0 Å². The van der Waals surface area contributed by atoms with Crippen molar-refractivity contribution in [2.45, 2.75) is 45.2 Å². The maximum atomic E-state index is 5.63. The molecule has 0 aliphatic carbocycles. The highest BCUT2D eigenvalue weighted by molar-refractivity contribution is 6.56. The van der Waals surface area contributed by atoms with E-state index in [0.717, 1.165) is 18.2 Å². The minimum atomic E-state index is 0.546. The van der Waals surface area contributed by atoms with Crippen LogP contribution in [0.1, 0.15) is 33.6 Å². The Morgan fingerprint density at radius 1 is 1.23 bits per heavy atom. The van der Waals surface area contributed by atoms with E-state index in [4.69, 9.17) is 4.65 Å². The Hall–Kier alpha value is -0.0151. The van der Waals surface area contributed by atoms with E-state index in [-0.39, 0.29) is 0 Å². The van der Waals surface area contributed by atoms with Gasteiger partial charge in [0.05, 0.1) is 0 Å². The lowest BCUT2D eigenvalue weighted by Crippen LogP contribution is -2.21. The highest BCUT2D eigenvalue weighted by Gasteiger charge is 2.35. The molecule has 1 heterocycles. The Balaban J connectivity index is 0.000000424. The highest BCUT2D eigenvalue weighted by Crippen LogP contribution is 2.38. The molecule has 0 saturated carbocycles. The van der Waals surface area contributed by atoms with Crippen LogP contribution in [0.2, 0.25) is 11.6 Å². The maximum absolute atomic E-state index is 5.63. The monoisotopic (exact) mass is 185 g/mol. The van der Waals surface area contributed by atoms with Crippen molar-refractivity contribution in [3.63, 3.8) is 0 Å². The van der Waals surface area contributed by atoms with Crippen LogP contribution in [0, 0.1) is 0 Å². The third-order valence-electron chi connectivity index (χ3n) is 2.56. The van der Waals surface area contributed by atoms with E-state index in [1.54, 1.807) is 0 Å². The fraction of sp³-hybridized carbons (Fsp3) is 1.00. The van der Waals surface area contributed by atoms with Gasteiger partial charge in [0.15, 0.2) is 0 Å². The Labute approximate surface area is 83.5 Å². The van der Waals surface area contributed by atoms with Gasteiger partial charge in [-0.3, -0.25) is 0 Å². The molecule has 3 heteroatoms. The molecule has 78 valence electrons. The molecule has 0 aromatic carbocycles. The van der Waals surface area contributed by atoms with E-state index in [2.05, 4.69) is 26.1 Å². The Morgan fingerprint density at radius 2 is 1.62 bits per heavy atom. The Bertz CT molecular complexity index is 111. The van der Waals surface area contributed by atoms with Crippen LogP contribution in [0.25, 0.3) is 0 Å². The molecule has 2 unspecified atom stereocenters. The Kier molecular flexibility index (Phi) is 7.39. The first-order valence-electron chi connectivity index (χ1n) is 5.37. The molecule has 13 heavy (non-hydrogen) atoms. The lowest BCUT2D eigenvalue weighted by molar-refractivity contribution is 0.334. The van der Waals surface area contributed by atoms with Crippen molar-refractivity contribution in [2.75, 3.05) is 20.7 Å². The smallest absolute Gasteiger partial charge is 0.298 e. The van der Waals surface area contributed by atoms with E-state index < -0.39 is 0 Å². The number of nitrogens with one attached hydrogen (secondary N) is 1. The average molecular weight is 185 g/mol. The first-order chi connectivity index (χ1) is 6.17. The zero-order valence-corrected chi connectivity index (χ0v) is 9.76. The number of rotatable bonds is 2. The summed E-state index contributed by atoms with van der Waals surface area (Å²) in [5.41, 5.74) is 0. The highest BCUT2D eigenvalue weighted by atomic mass is 16.4. The molecular formula is C10H24BNO. The minimum absolute atomic E-state index is 0.546. The van der Waals surface area contributed by atoms with Gasteiger partial charge in [-0.15, -0.1) is 0 Å². The molecule has 1 rings (SSSR count). The van der Waals surface area contributed by atoms with Gasteiger partial charge in [-0.05, 0) is 32.7 Å². The van der Waals surface area contributed by atoms with Gasteiger partial charge in [0.1, 0.15) is 0 Å². The summed E-state index contributed by atoms with van der Waals surface area (Å²) in [5, 5.41) is 2.75. The number of hydrogen-bond donors (Lipinski definition) is 1. The predicted molar refractivity (Wildman–Crippen MR) is 60.4 cm³/mol. The van der Waals surface area contributed by atoms with Crippen molar-refractivity contribution in [3.05, 3.63) is 0 Å². The van der Waals surface area contributed by atoms with Gasteiger partial charge in [-0.1, -0.05) is 26.7 Å². The number of hydrogen-bond acceptors (Lipinski definition) is 2. The van der Waals surface area contributed by atoms with E-state index in [1.807, 2.05) is 14.1 Å². The van der Waals surface area contributed by atoms with Crippen LogP contribution in [0.3, 0.4) is 0 Å². The van der Waals surface area contributed by atoms with Crippen molar-refractivity contribution in [1.82, 2.24) is 5.32 Å². The van der Waals surface area contributed by atoms with Gasteiger partial charge in [-0.25, -0.2) is 0 Å². The fourth-order valence-corrected chi connectivity index (χ4v) is 1.94. The summed E-state index contributed by atoms with van der Waals surface area (Å²) in [6.07, 6.45) is 2.71. The molecule has 2 nitrogen and oxygen atoms in total. The van der Waals surface area contributed by atoms with Crippen LogP contribution in [-0.4, -0.2) is 27.6 Å². The predicted octanol–water partition coefficient (Wildman–Crippen LogP) is 2.42. The van der Waals surface area contributed by atoms with Gasteiger partial charge in [0.25, 0.3) is 6.92 Å². The van der Waals surface area contributed by atoms with Crippen molar-refractivity contribution >= 4 is 6.92 Å². The third kappa shape index (κ3) is 4.68. The van der Waals surface area contributed by atoms with Crippen molar-refractivity contribution < 1.29 is 4.65 Å². The van der Waals surface area contributed by atoms with Crippen molar-refractivity contribution in [3.8, 4) is 0 Å². The molecule has 0 radical (unpaired) electrons. The topological polar surface area (TPSA) is 21.3 Å². The SMILES string of the molecule is CCOB1C(C)CCC1C.CNC. The fourth-order valence-electron chi connectivity index (χ4n) is 1.94. The van der Waals surface area contributed by atoms with Crippen LogP contribution in [0.5, 0.6) is 0 Å². The van der Waals surface area contributed by atoms with E-state index in [9.17, 15) is 0 Å². The summed E-state index contributed by atoms with van der Waals surface area (Å²) >= 11 is 0. The largest absolute Gasteiger partial charge is 0.436 e. The lowest BCUT2D eigenvalue weighted by atomic mass is 9.53. The molecule has 0 amide bonds. The molecule has 1 aliphatic rings. The van der Waals surface area contributed by atoms with E-state index in [0.29, 0.717) is 6.92 Å². The van der Waals surface area contributed by atoms with Crippen molar-refractivity contribution in [2.24, 2.45) is 0 Å². The summed E-state index contributed by atoms with van der Waals surface area (Å²) in [7, 11) is 3.75. The van der Waals surface area contributed by atoms with Crippen molar-refractivity contribution in [1.29, 1.82) is 0 Å². The molecule has 2 atom stereocenters. The molecule has 1 N–H and O–H groups in total. The second-order valence-electron chi connectivity index (χ2n) is 3.95. The minimum Gasteiger partial charge on any atom is -0.436 e. The summed E-state index contributed by atoms with van der Waals surface area (Å²) in [4.78, 5) is 0. The summed E-state index contributed by atoms with van der Waals surface area (Å²) in [6.45, 7) is 8.09. The maximum Gasteiger partial charge on any atom is 0.298 e. The summed E-state index contributed by atoms with van der Waals surface area (Å²) in [5.74, 6) is 1.57. The molecular weight excluding hydrogens is 161 g/mol. The van der Waals surface area contributed by atoms with E-state index in [1.165, 1.54) is 12.8 Å². The molecule has 0 aromatic rings. The molecule has 0 bridgehead atoms. The lowest BCUT2D eigenvalue weighted by Gasteiger charge is -2.14. The van der Waals surface area contributed by atoms with Gasteiger partial charge < -0.3 is 9.97 Å². The normalized spacial score (nSPS) is 27.0. The zero-order chi connectivity index (χ0) is 10.3. The van der Waals surface area contributed by atoms with Crippen LogP contribution < -0.4 is 5.32 Å². The average Bonchev–Trinajstić information content (AvgIpc) is 2.38. The first-order valence-corrected chi connectivity index (χ1v) is 5.37. The second-order valence-corrected chi connectivity index (χ2v) is 3.95. The van der Waals surface area contributed by atoms with Gasteiger partial charge >= 0.3 is 0 Å². The van der Waals surface area contributed by atoms with Gasteiger partial charge in [0, 0.05) is 6.61 Å². The molecule has 1 fully saturated rings. The third-order valence-corrected chi connectivity index (χ3v) is 2.56. The molecule has 1 aliphatic heterocycles. The molecule has 0 spiro atoms. The molecule has 1 saturated heterocycles. The summed E-state index contributed by atoms with van der Waals surface area (Å²) in [6, 6.07) is 0. The molecule has 0 aromatic heterocycles. The second kappa shape index (κ2) is 7.39. The summed E-state index contributed by atoms with van der Waals surface area (Å²) < 4.78 is 5.63. The van der Waals surface area contributed by atoms with E-state index >= 15 is 0 Å².